The van der Waals surface area contributed by atoms with Crippen molar-refractivity contribution in [1.82, 2.24) is 4.68 Å². The number of halogens is 2. The van der Waals surface area contributed by atoms with E-state index in [9.17, 15) is 8.78 Å². The zero-order valence-electron chi connectivity index (χ0n) is 18.1. The lowest BCUT2D eigenvalue weighted by Gasteiger charge is -2.17. The van der Waals surface area contributed by atoms with Crippen LogP contribution < -0.4 is 14.3 Å². The Morgan fingerprint density at radius 3 is 2.47 bits per heavy atom. The van der Waals surface area contributed by atoms with Crippen molar-refractivity contribution >= 4 is 17.6 Å². The van der Waals surface area contributed by atoms with Crippen molar-refractivity contribution in [3.63, 3.8) is 0 Å². The number of rotatable bonds is 6. The van der Waals surface area contributed by atoms with Gasteiger partial charge in [-0.25, -0.2) is 13.5 Å². The molecule has 0 unspecified atom stereocenters. The molecule has 0 atom stereocenters. The Morgan fingerprint density at radius 1 is 1.03 bits per heavy atom. The van der Waals surface area contributed by atoms with Crippen LogP contribution in [0.4, 0.5) is 8.78 Å². The van der Waals surface area contributed by atoms with Gasteiger partial charge >= 0.3 is 0 Å². The van der Waals surface area contributed by atoms with Gasteiger partial charge in [0.2, 0.25) is 4.80 Å². The van der Waals surface area contributed by atoms with Crippen LogP contribution in [0.2, 0.25) is 0 Å². The molecule has 2 aromatic carbocycles. The molecule has 1 fully saturated rings. The summed E-state index contributed by atoms with van der Waals surface area (Å²) in [5.41, 5.74) is 1.26. The van der Waals surface area contributed by atoms with Crippen LogP contribution >= 0.6 is 11.3 Å². The van der Waals surface area contributed by atoms with Crippen LogP contribution in [0.3, 0.4) is 0 Å². The largest absolute Gasteiger partial charge is 0.497 e. The van der Waals surface area contributed by atoms with Crippen LogP contribution in [-0.2, 0) is 0 Å². The number of methoxy groups -OCH3 is 2. The fraction of sp³-hybridized carbons (Fsp3) is 0.333. The van der Waals surface area contributed by atoms with E-state index in [-0.39, 0.29) is 11.6 Å². The van der Waals surface area contributed by atoms with Crippen LogP contribution in [-0.4, -0.2) is 31.2 Å². The van der Waals surface area contributed by atoms with Gasteiger partial charge in [-0.3, -0.25) is 4.99 Å². The smallest absolute Gasteiger partial charge is 0.206 e. The second-order valence-electron chi connectivity index (χ2n) is 7.58. The van der Waals surface area contributed by atoms with Crippen molar-refractivity contribution < 1.29 is 18.3 Å². The number of hydrogen-bond donors (Lipinski definition) is 0. The third kappa shape index (κ3) is 4.75. The Hall–Kier alpha value is -3.00. The van der Waals surface area contributed by atoms with Crippen molar-refractivity contribution in [3.05, 3.63) is 63.8 Å². The first-order valence-electron chi connectivity index (χ1n) is 10.6. The molecule has 1 aliphatic carbocycles. The lowest BCUT2D eigenvalue weighted by atomic mass is 9.96. The number of aromatic nitrogens is 1. The molecule has 1 aromatic heterocycles. The minimum absolute atomic E-state index is 0.196. The standard InChI is InChI=1S/C24H25F2N3O2S/c1-30-17-11-12-23(31-2)18(13-17)22-15-32-24(28-16-7-4-3-5-8-16)29(22)27-14-19-20(25)9-6-10-21(19)26/h6,9-16H,3-5,7-8H2,1-2H3. The lowest BCUT2D eigenvalue weighted by Crippen LogP contribution is -2.19. The van der Waals surface area contributed by atoms with Crippen molar-refractivity contribution in [2.24, 2.45) is 10.1 Å². The summed E-state index contributed by atoms with van der Waals surface area (Å²) < 4.78 is 40.9. The molecule has 0 amide bonds. The molecule has 4 rings (SSSR count). The molecule has 1 saturated carbocycles. The Kier molecular flexibility index (Phi) is 6.99. The first kappa shape index (κ1) is 22.2. The third-order valence-corrected chi connectivity index (χ3v) is 6.37. The van der Waals surface area contributed by atoms with E-state index >= 15 is 0 Å². The molecule has 32 heavy (non-hydrogen) atoms. The predicted octanol–water partition coefficient (Wildman–Crippen LogP) is 5.63. The average Bonchev–Trinajstić information content (AvgIpc) is 3.21. The highest BCUT2D eigenvalue weighted by atomic mass is 32.1. The molecule has 0 saturated heterocycles. The van der Waals surface area contributed by atoms with E-state index in [0.29, 0.717) is 22.0 Å². The molecule has 0 bridgehead atoms. The zero-order chi connectivity index (χ0) is 22.5. The first-order valence-corrected chi connectivity index (χ1v) is 11.4. The Balaban J connectivity index is 1.86. The number of benzene rings is 2. The Labute approximate surface area is 189 Å². The topological polar surface area (TPSA) is 48.1 Å². The molecule has 3 aromatic rings. The van der Waals surface area contributed by atoms with Gasteiger partial charge in [0.05, 0.1) is 37.7 Å². The average molecular weight is 458 g/mol. The number of nitrogens with zero attached hydrogens (tertiary/aromatic N) is 3. The van der Waals surface area contributed by atoms with E-state index in [2.05, 4.69) is 5.10 Å². The van der Waals surface area contributed by atoms with Gasteiger partial charge in [0.25, 0.3) is 0 Å². The second-order valence-corrected chi connectivity index (χ2v) is 8.42. The van der Waals surface area contributed by atoms with E-state index < -0.39 is 11.6 Å². The fourth-order valence-corrected chi connectivity index (χ4v) is 4.71. The zero-order valence-corrected chi connectivity index (χ0v) is 18.9. The summed E-state index contributed by atoms with van der Waals surface area (Å²) in [5.74, 6) is -0.0472. The SMILES string of the molecule is COc1ccc(OC)c(-c2csc(=NC3CCCCC3)n2N=Cc2c(F)cccc2F)c1. The first-order chi connectivity index (χ1) is 15.6. The third-order valence-electron chi connectivity index (χ3n) is 5.54. The molecule has 168 valence electrons. The second kappa shape index (κ2) is 10.1. The lowest BCUT2D eigenvalue weighted by molar-refractivity contribution is 0.404. The normalized spacial score (nSPS) is 15.4. The molecule has 0 N–H and O–H groups in total. The van der Waals surface area contributed by atoms with Crippen molar-refractivity contribution in [2.45, 2.75) is 38.1 Å². The van der Waals surface area contributed by atoms with Crippen LogP contribution in [0.5, 0.6) is 11.5 Å². The monoisotopic (exact) mass is 457 g/mol. The van der Waals surface area contributed by atoms with E-state index in [0.717, 1.165) is 31.2 Å². The van der Waals surface area contributed by atoms with Crippen molar-refractivity contribution in [3.8, 4) is 22.8 Å². The maximum atomic E-state index is 14.2. The number of thiazole rings is 1. The van der Waals surface area contributed by atoms with E-state index in [1.54, 1.807) is 18.9 Å². The van der Waals surface area contributed by atoms with Gasteiger partial charge in [-0.2, -0.15) is 5.10 Å². The van der Waals surface area contributed by atoms with Gasteiger partial charge < -0.3 is 9.47 Å². The summed E-state index contributed by atoms with van der Waals surface area (Å²) in [7, 11) is 3.18. The van der Waals surface area contributed by atoms with Crippen LogP contribution in [0.25, 0.3) is 11.3 Å². The van der Waals surface area contributed by atoms with Gasteiger partial charge in [-0.15, -0.1) is 11.3 Å². The minimum Gasteiger partial charge on any atom is -0.497 e. The van der Waals surface area contributed by atoms with Crippen molar-refractivity contribution in [1.29, 1.82) is 0 Å². The Bertz CT molecular complexity index is 1160. The quantitative estimate of drug-likeness (QED) is 0.451. The van der Waals surface area contributed by atoms with Crippen LogP contribution in [0, 0.1) is 11.6 Å². The van der Waals surface area contributed by atoms with Crippen molar-refractivity contribution in [2.75, 3.05) is 14.2 Å². The molecule has 5 nitrogen and oxygen atoms in total. The molecule has 0 radical (unpaired) electrons. The minimum atomic E-state index is -0.671. The van der Waals surface area contributed by atoms with Crippen LogP contribution in [0.15, 0.2) is 51.9 Å². The highest BCUT2D eigenvalue weighted by Gasteiger charge is 2.17. The highest BCUT2D eigenvalue weighted by molar-refractivity contribution is 7.07. The summed E-state index contributed by atoms with van der Waals surface area (Å²) in [6.07, 6.45) is 6.79. The van der Waals surface area contributed by atoms with Gasteiger partial charge in [0, 0.05) is 10.9 Å². The Morgan fingerprint density at radius 2 is 1.78 bits per heavy atom. The number of hydrogen-bond acceptors (Lipinski definition) is 5. The van der Waals surface area contributed by atoms with Gasteiger partial charge in [0.1, 0.15) is 23.1 Å². The highest BCUT2D eigenvalue weighted by Crippen LogP contribution is 2.34. The molecule has 0 spiro atoms. The van der Waals surface area contributed by atoms with Gasteiger partial charge in [-0.05, 0) is 43.2 Å². The summed E-state index contributed by atoms with van der Waals surface area (Å²) in [4.78, 5) is 5.60. The van der Waals surface area contributed by atoms with Crippen LogP contribution in [0.1, 0.15) is 37.7 Å². The van der Waals surface area contributed by atoms with E-state index in [1.165, 1.54) is 42.2 Å². The molecule has 1 heterocycles. The maximum absolute atomic E-state index is 14.2. The van der Waals surface area contributed by atoms with Gasteiger partial charge in [-0.1, -0.05) is 25.3 Å². The summed E-state index contributed by atoms with van der Waals surface area (Å²) >= 11 is 1.44. The predicted molar refractivity (Wildman–Crippen MR) is 123 cm³/mol. The molecule has 0 aliphatic heterocycles. The molecule has 8 heteroatoms. The molecule has 1 aliphatic rings. The summed E-state index contributed by atoms with van der Waals surface area (Å²) in [6, 6.07) is 9.44. The van der Waals surface area contributed by atoms with Gasteiger partial charge in [0.15, 0.2) is 0 Å². The van der Waals surface area contributed by atoms with E-state index in [1.807, 2.05) is 23.6 Å². The number of ether oxygens (including phenoxy) is 2. The molecular formula is C24H25F2N3O2S. The molecular weight excluding hydrogens is 432 g/mol. The fourth-order valence-electron chi connectivity index (χ4n) is 3.82. The van der Waals surface area contributed by atoms with E-state index in [4.69, 9.17) is 14.5 Å². The maximum Gasteiger partial charge on any atom is 0.206 e. The summed E-state index contributed by atoms with van der Waals surface area (Å²) in [6.45, 7) is 0. The summed E-state index contributed by atoms with van der Waals surface area (Å²) in [5, 5.41) is 6.39.